The number of nitrogens with zero attached hydrogens (tertiary/aromatic N) is 2. The predicted octanol–water partition coefficient (Wildman–Crippen LogP) is 2.49. The Labute approximate surface area is 107 Å². The molecule has 4 heteroatoms. The van der Waals surface area contributed by atoms with Crippen molar-refractivity contribution in [3.8, 4) is 0 Å². The molecule has 94 valence electrons. The first kappa shape index (κ1) is 11.5. The van der Waals surface area contributed by atoms with Crippen LogP contribution in [0.4, 0.5) is 5.13 Å². The summed E-state index contributed by atoms with van der Waals surface area (Å²) in [7, 11) is 1.99. The lowest BCUT2D eigenvalue weighted by Crippen LogP contribution is -2.27. The monoisotopic (exact) mass is 251 g/mol. The van der Waals surface area contributed by atoms with Gasteiger partial charge in [-0.25, -0.2) is 4.98 Å². The van der Waals surface area contributed by atoms with E-state index in [2.05, 4.69) is 15.2 Å². The van der Waals surface area contributed by atoms with E-state index in [1.807, 2.05) is 24.6 Å². The van der Waals surface area contributed by atoms with E-state index in [-0.39, 0.29) is 0 Å². The molecule has 3 rings (SSSR count). The molecule has 0 atom stereocenters. The molecule has 2 fully saturated rings. The highest BCUT2D eigenvalue weighted by Crippen LogP contribution is 2.36. The topological polar surface area (TPSA) is 28.2 Å². The van der Waals surface area contributed by atoms with Gasteiger partial charge < -0.3 is 10.2 Å². The maximum Gasteiger partial charge on any atom is 0.185 e. The van der Waals surface area contributed by atoms with E-state index < -0.39 is 0 Å². The number of rotatable bonds is 7. The number of hydrogen-bond donors (Lipinski definition) is 1. The van der Waals surface area contributed by atoms with Gasteiger partial charge >= 0.3 is 0 Å². The Kier molecular flexibility index (Phi) is 3.34. The van der Waals surface area contributed by atoms with E-state index in [9.17, 15) is 0 Å². The molecule has 0 bridgehead atoms. The molecule has 0 saturated heterocycles. The summed E-state index contributed by atoms with van der Waals surface area (Å²) in [5.41, 5.74) is 0. The summed E-state index contributed by atoms with van der Waals surface area (Å²) in [6.45, 7) is 3.42. The molecule has 0 aromatic carbocycles. The van der Waals surface area contributed by atoms with E-state index in [0.717, 1.165) is 18.4 Å². The highest BCUT2D eigenvalue weighted by molar-refractivity contribution is 7.15. The zero-order valence-electron chi connectivity index (χ0n) is 10.5. The molecule has 1 aromatic rings. The Morgan fingerprint density at radius 3 is 2.47 bits per heavy atom. The van der Waals surface area contributed by atoms with Crippen molar-refractivity contribution in [2.24, 2.45) is 11.8 Å². The summed E-state index contributed by atoms with van der Waals surface area (Å²) < 4.78 is 0. The van der Waals surface area contributed by atoms with Crippen LogP contribution in [0.3, 0.4) is 0 Å². The van der Waals surface area contributed by atoms with E-state index >= 15 is 0 Å². The first-order chi connectivity index (χ1) is 8.35. The van der Waals surface area contributed by atoms with Crippen LogP contribution in [0, 0.1) is 11.8 Å². The first-order valence-electron chi connectivity index (χ1n) is 6.69. The normalized spacial score (nSPS) is 19.6. The Balaban J connectivity index is 1.65. The van der Waals surface area contributed by atoms with Crippen molar-refractivity contribution in [1.29, 1.82) is 0 Å². The average Bonchev–Trinajstić information content (AvgIpc) is 3.23. The third kappa shape index (κ3) is 3.19. The standard InChI is InChI=1S/C13H21N3S/c1-14-6-12-7-15-13(17-12)16(8-10-2-3-10)9-11-4-5-11/h7,10-11,14H,2-6,8-9H2,1H3. The first-order valence-corrected chi connectivity index (χ1v) is 7.51. The fourth-order valence-electron chi connectivity index (χ4n) is 2.15. The van der Waals surface area contributed by atoms with Gasteiger partial charge in [0.25, 0.3) is 0 Å². The van der Waals surface area contributed by atoms with Crippen LogP contribution in [-0.4, -0.2) is 25.1 Å². The molecule has 1 aromatic heterocycles. The summed E-state index contributed by atoms with van der Waals surface area (Å²) in [5.74, 6) is 1.90. The molecule has 0 aliphatic heterocycles. The van der Waals surface area contributed by atoms with E-state index in [1.54, 1.807) is 0 Å². The molecule has 0 spiro atoms. The van der Waals surface area contributed by atoms with E-state index in [4.69, 9.17) is 0 Å². The highest BCUT2D eigenvalue weighted by Gasteiger charge is 2.30. The molecule has 2 saturated carbocycles. The fourth-order valence-corrected chi connectivity index (χ4v) is 3.09. The molecule has 2 aliphatic rings. The summed E-state index contributed by atoms with van der Waals surface area (Å²) in [6.07, 6.45) is 7.74. The van der Waals surface area contributed by atoms with Crippen molar-refractivity contribution in [2.45, 2.75) is 32.2 Å². The van der Waals surface area contributed by atoms with Gasteiger partial charge in [-0.3, -0.25) is 0 Å². The number of hydrogen-bond acceptors (Lipinski definition) is 4. The maximum absolute atomic E-state index is 4.60. The Hall–Kier alpha value is -0.610. The minimum atomic E-state index is 0.943. The number of thiazole rings is 1. The van der Waals surface area contributed by atoms with Crippen molar-refractivity contribution < 1.29 is 0 Å². The quantitative estimate of drug-likeness (QED) is 0.807. The van der Waals surface area contributed by atoms with Gasteiger partial charge in [-0.1, -0.05) is 0 Å². The molecule has 0 unspecified atom stereocenters. The van der Waals surface area contributed by atoms with Gasteiger partial charge in [-0.2, -0.15) is 0 Å². The highest BCUT2D eigenvalue weighted by atomic mass is 32.1. The maximum atomic E-state index is 4.60. The molecular weight excluding hydrogens is 230 g/mol. The lowest BCUT2D eigenvalue weighted by molar-refractivity contribution is 0.677. The van der Waals surface area contributed by atoms with Gasteiger partial charge in [0.05, 0.1) is 0 Å². The Morgan fingerprint density at radius 1 is 1.29 bits per heavy atom. The third-order valence-electron chi connectivity index (χ3n) is 3.51. The summed E-state index contributed by atoms with van der Waals surface area (Å²) >= 11 is 1.86. The lowest BCUT2D eigenvalue weighted by atomic mass is 10.3. The third-order valence-corrected chi connectivity index (χ3v) is 4.57. The van der Waals surface area contributed by atoms with E-state index in [1.165, 1.54) is 48.8 Å². The second-order valence-corrected chi connectivity index (χ2v) is 6.52. The van der Waals surface area contributed by atoms with E-state index in [0.29, 0.717) is 0 Å². The van der Waals surface area contributed by atoms with Crippen molar-refractivity contribution in [3.63, 3.8) is 0 Å². The minimum absolute atomic E-state index is 0.943. The molecule has 1 N–H and O–H groups in total. The molecule has 3 nitrogen and oxygen atoms in total. The minimum Gasteiger partial charge on any atom is -0.348 e. The summed E-state index contributed by atoms with van der Waals surface area (Å²) in [4.78, 5) is 8.49. The summed E-state index contributed by atoms with van der Waals surface area (Å²) in [5, 5.41) is 4.44. The predicted molar refractivity (Wildman–Crippen MR) is 72.5 cm³/mol. The molecule has 0 radical (unpaired) electrons. The zero-order chi connectivity index (χ0) is 11.7. The molecule has 17 heavy (non-hydrogen) atoms. The molecule has 0 amide bonds. The smallest absolute Gasteiger partial charge is 0.185 e. The molecule has 1 heterocycles. The van der Waals surface area contributed by atoms with Crippen LogP contribution in [-0.2, 0) is 6.54 Å². The number of nitrogens with one attached hydrogen (secondary N) is 1. The van der Waals surface area contributed by atoms with Crippen LogP contribution in [0.2, 0.25) is 0 Å². The van der Waals surface area contributed by atoms with Crippen LogP contribution >= 0.6 is 11.3 Å². The summed E-state index contributed by atoms with van der Waals surface area (Å²) in [6, 6.07) is 0. The van der Waals surface area contributed by atoms with Crippen molar-refractivity contribution in [2.75, 3.05) is 25.0 Å². The second-order valence-electron chi connectivity index (χ2n) is 5.43. The van der Waals surface area contributed by atoms with Gasteiger partial charge in [0.1, 0.15) is 0 Å². The molecular formula is C13H21N3S. The van der Waals surface area contributed by atoms with Crippen LogP contribution in [0.15, 0.2) is 6.20 Å². The SMILES string of the molecule is CNCc1cnc(N(CC2CC2)CC2CC2)s1. The zero-order valence-corrected chi connectivity index (χ0v) is 11.3. The van der Waals surface area contributed by atoms with Gasteiger partial charge in [0, 0.05) is 30.7 Å². The number of anilines is 1. The van der Waals surface area contributed by atoms with Crippen LogP contribution < -0.4 is 10.2 Å². The van der Waals surface area contributed by atoms with Gasteiger partial charge in [0.2, 0.25) is 0 Å². The Morgan fingerprint density at radius 2 is 1.94 bits per heavy atom. The van der Waals surface area contributed by atoms with Gasteiger partial charge in [0.15, 0.2) is 5.13 Å². The van der Waals surface area contributed by atoms with Gasteiger partial charge in [-0.05, 0) is 44.6 Å². The largest absolute Gasteiger partial charge is 0.348 e. The van der Waals surface area contributed by atoms with Crippen LogP contribution in [0.5, 0.6) is 0 Å². The average molecular weight is 251 g/mol. The van der Waals surface area contributed by atoms with Gasteiger partial charge in [-0.15, -0.1) is 11.3 Å². The second kappa shape index (κ2) is 4.94. The van der Waals surface area contributed by atoms with Crippen molar-refractivity contribution in [1.82, 2.24) is 10.3 Å². The number of aromatic nitrogens is 1. The Bertz CT molecular complexity index is 354. The molecule has 2 aliphatic carbocycles. The fraction of sp³-hybridized carbons (Fsp3) is 0.769. The van der Waals surface area contributed by atoms with Crippen LogP contribution in [0.25, 0.3) is 0 Å². The van der Waals surface area contributed by atoms with Crippen molar-refractivity contribution in [3.05, 3.63) is 11.1 Å². The van der Waals surface area contributed by atoms with Crippen molar-refractivity contribution >= 4 is 16.5 Å². The lowest BCUT2D eigenvalue weighted by Gasteiger charge is -2.21. The van der Waals surface area contributed by atoms with Crippen LogP contribution in [0.1, 0.15) is 30.6 Å².